The van der Waals surface area contributed by atoms with Crippen LogP contribution in [0, 0.1) is 17.2 Å². The highest BCUT2D eigenvalue weighted by Crippen LogP contribution is 2.40. The molecule has 0 aromatic heterocycles. The van der Waals surface area contributed by atoms with Crippen LogP contribution >= 0.6 is 0 Å². The Balaban J connectivity index is 2.94. The molecule has 0 amide bonds. The van der Waals surface area contributed by atoms with E-state index in [1.54, 1.807) is 6.07 Å². The second kappa shape index (κ2) is 12.4. The molecule has 6 nitrogen and oxygen atoms in total. The Kier molecular flexibility index (Phi) is 3.80. The number of methoxy groups -OCH3 is 4. The van der Waals surface area contributed by atoms with Gasteiger partial charge in [-0.2, -0.15) is 5.26 Å². The number of nitriles is 1. The highest BCUT2D eigenvalue weighted by atomic mass is 16.5. The number of aryl methyl sites for hydroxylation is 1. The summed E-state index contributed by atoms with van der Waals surface area (Å²) in [6.07, 6.45) is -11.7. The summed E-state index contributed by atoms with van der Waals surface area (Å²) in [6, 6.07) is 7.24. The van der Waals surface area contributed by atoms with E-state index in [1.807, 2.05) is 0 Å². The predicted octanol–water partition coefficient (Wildman–Crippen LogP) is 5.09. The molecule has 0 heterocycles. The fraction of sp³-hybridized carbons (Fsp3) is 0.519. The first-order valence-corrected chi connectivity index (χ1v) is 9.61. The lowest BCUT2D eigenvalue weighted by Gasteiger charge is -2.32. The first-order valence-electron chi connectivity index (χ1n) is 19.1. The molecule has 0 saturated carbocycles. The van der Waals surface area contributed by atoms with Gasteiger partial charge in [0.1, 0.15) is 0 Å². The molecular formula is C27H38N2O4. The van der Waals surface area contributed by atoms with E-state index in [0.29, 0.717) is 18.2 Å². The SMILES string of the molecule is [2H]C([2H])([2H])Oc1ccc(C([2H])([2H])C([2H])([2H])N(C([2H])([2H])[2H])C([2H])([2H])C([2H])([2H])C([2H])([2H])C(C#N)(c2ccc(OC)c(OC)c2)C(C)C)cc1OC([2H])([2H])[2H]. The Labute approximate surface area is 225 Å². The van der Waals surface area contributed by atoms with Crippen molar-refractivity contribution in [2.24, 2.45) is 5.92 Å². The maximum absolute atomic E-state index is 10.6. The van der Waals surface area contributed by atoms with Crippen molar-refractivity contribution in [3.8, 4) is 29.1 Å². The first kappa shape index (κ1) is 10.1. The molecule has 0 spiro atoms. The van der Waals surface area contributed by atoms with Crippen molar-refractivity contribution in [1.29, 1.82) is 5.26 Å². The van der Waals surface area contributed by atoms with Gasteiger partial charge in [0.2, 0.25) is 0 Å². The highest BCUT2D eigenvalue weighted by Gasteiger charge is 2.36. The van der Waals surface area contributed by atoms with Crippen LogP contribution in [0.25, 0.3) is 0 Å². The quantitative estimate of drug-likeness (QED) is 0.404. The van der Waals surface area contributed by atoms with E-state index in [9.17, 15) is 5.26 Å². The van der Waals surface area contributed by atoms with Gasteiger partial charge in [0.25, 0.3) is 0 Å². The third-order valence-corrected chi connectivity index (χ3v) is 4.78. The molecule has 1 unspecified atom stereocenters. The summed E-state index contributed by atoms with van der Waals surface area (Å²) in [5.41, 5.74) is -3.84. The maximum Gasteiger partial charge on any atom is 0.161 e. The molecule has 33 heavy (non-hydrogen) atoms. The lowest BCUT2D eigenvalue weighted by molar-refractivity contribution is 0.292. The van der Waals surface area contributed by atoms with Crippen LogP contribution in [0.3, 0.4) is 0 Å². The minimum atomic E-state index is -4.34. The monoisotopic (exact) mass is 473 g/mol. The van der Waals surface area contributed by atoms with Crippen molar-refractivity contribution in [2.45, 2.75) is 38.4 Å². The van der Waals surface area contributed by atoms with Crippen molar-refractivity contribution in [1.82, 2.24) is 4.90 Å². The normalized spacial score (nSPS) is 24.7. The zero-order valence-electron chi connectivity index (χ0n) is 37.6. The number of nitrogens with zero attached hydrogens (tertiary/aromatic N) is 2. The van der Waals surface area contributed by atoms with E-state index < -0.39 is 86.5 Å². The van der Waals surface area contributed by atoms with Crippen LogP contribution in [0.4, 0.5) is 0 Å². The average molecular weight is 474 g/mol. The number of hydrogen-bond acceptors (Lipinski definition) is 6. The molecule has 0 aliphatic rings. The van der Waals surface area contributed by atoms with Crippen LogP contribution in [0.1, 0.15) is 63.8 Å². The number of hydrogen-bond donors (Lipinski definition) is 0. The maximum atomic E-state index is 10.6. The fourth-order valence-corrected chi connectivity index (χ4v) is 2.93. The van der Waals surface area contributed by atoms with Gasteiger partial charge in [0.15, 0.2) is 23.0 Å². The smallest absolute Gasteiger partial charge is 0.161 e. The zero-order chi connectivity index (χ0) is 40.9. The van der Waals surface area contributed by atoms with Crippen LogP contribution in [0.15, 0.2) is 36.4 Å². The van der Waals surface area contributed by atoms with E-state index in [4.69, 9.17) is 45.0 Å². The van der Waals surface area contributed by atoms with E-state index in [-0.39, 0.29) is 17.1 Å². The standard InChI is InChI=1S/C27H38N2O4/c1-20(2)27(19-28,22-10-12-24(31-5)26(18-22)33-7)14-8-15-29(3)16-13-21-9-11-23(30-4)25(17-21)32-6/h9-12,17-18,20H,8,13-16H2,1-7H3/i3D3,4D3,6D3,8D2,13D2,14D2,15D2,16D2. The Morgan fingerprint density at radius 2 is 1.64 bits per heavy atom. The van der Waals surface area contributed by atoms with Gasteiger partial charge in [0.05, 0.1) is 48.0 Å². The molecule has 1 atom stereocenters. The van der Waals surface area contributed by atoms with Gasteiger partial charge in [-0.25, -0.2) is 0 Å². The molecule has 6 heteroatoms. The van der Waals surface area contributed by atoms with Crippen molar-refractivity contribution in [3.63, 3.8) is 0 Å². The van der Waals surface area contributed by atoms with Crippen molar-refractivity contribution in [3.05, 3.63) is 47.5 Å². The first-order chi connectivity index (χ1) is 23.1. The lowest BCUT2D eigenvalue weighted by atomic mass is 9.69. The van der Waals surface area contributed by atoms with Gasteiger partial charge in [-0.05, 0) is 73.9 Å². The summed E-state index contributed by atoms with van der Waals surface area (Å²) in [5.74, 6) is -2.79. The highest BCUT2D eigenvalue weighted by molar-refractivity contribution is 5.47. The zero-order valence-corrected chi connectivity index (χ0v) is 18.6. The van der Waals surface area contributed by atoms with Gasteiger partial charge in [-0.15, -0.1) is 0 Å². The van der Waals surface area contributed by atoms with E-state index in [1.165, 1.54) is 40.2 Å². The second-order valence-electron chi connectivity index (χ2n) is 6.94. The van der Waals surface area contributed by atoms with Crippen LogP contribution in [-0.4, -0.2) is 53.2 Å². The van der Waals surface area contributed by atoms with Crippen LogP contribution in [0.5, 0.6) is 23.0 Å². The lowest BCUT2D eigenvalue weighted by Crippen LogP contribution is -2.32. The van der Waals surface area contributed by atoms with E-state index >= 15 is 0 Å². The third kappa shape index (κ3) is 6.33. The minimum Gasteiger partial charge on any atom is -0.493 e. The summed E-state index contributed by atoms with van der Waals surface area (Å²) in [6.45, 7) is -9.95. The van der Waals surface area contributed by atoms with Crippen molar-refractivity contribution in [2.75, 3.05) is 48.3 Å². The molecule has 2 aromatic carbocycles. The molecule has 0 N–H and O–H groups in total. The summed E-state index contributed by atoms with van der Waals surface area (Å²) in [7, 11) is -3.94. The molecule has 0 saturated heterocycles. The Morgan fingerprint density at radius 3 is 2.27 bits per heavy atom. The molecule has 0 aliphatic heterocycles. The Hall–Kier alpha value is -2.91. The summed E-state index contributed by atoms with van der Waals surface area (Å²) in [5, 5.41) is 10.6. The molecular weight excluding hydrogens is 416 g/mol. The Morgan fingerprint density at radius 1 is 0.970 bits per heavy atom. The molecule has 0 bridgehead atoms. The summed E-state index contributed by atoms with van der Waals surface area (Å²) >= 11 is 0. The molecule has 2 aromatic rings. The van der Waals surface area contributed by atoms with E-state index in [0.717, 1.165) is 6.07 Å². The van der Waals surface area contributed by atoms with Gasteiger partial charge in [0, 0.05) is 24.3 Å². The topological polar surface area (TPSA) is 64.0 Å². The van der Waals surface area contributed by atoms with Crippen molar-refractivity contribution >= 4 is 0 Å². The second-order valence-corrected chi connectivity index (χ2v) is 6.94. The molecule has 2 rings (SSSR count). The number of likely N-dealkylation sites (N-methyl/N-ethyl adjacent to an activating group) is 1. The molecule has 0 aliphatic carbocycles. The van der Waals surface area contributed by atoms with Crippen LogP contribution in [0.2, 0.25) is 0 Å². The summed E-state index contributed by atoms with van der Waals surface area (Å²) < 4.78 is 177. The van der Waals surface area contributed by atoms with Gasteiger partial charge < -0.3 is 23.8 Å². The molecule has 180 valence electrons. The van der Waals surface area contributed by atoms with E-state index in [2.05, 4.69) is 0 Å². The van der Waals surface area contributed by atoms with Crippen LogP contribution in [-0.2, 0) is 11.8 Å². The molecule has 0 fully saturated rings. The van der Waals surface area contributed by atoms with Crippen LogP contribution < -0.4 is 18.9 Å². The molecule has 0 radical (unpaired) electrons. The minimum absolute atomic E-state index is 0.0228. The fourth-order valence-electron chi connectivity index (χ4n) is 2.93. The third-order valence-electron chi connectivity index (χ3n) is 4.78. The number of rotatable bonds is 13. The van der Waals surface area contributed by atoms with Gasteiger partial charge in [-0.3, -0.25) is 0 Å². The largest absolute Gasteiger partial charge is 0.493 e. The summed E-state index contributed by atoms with van der Waals surface area (Å²) in [4.78, 5) is -0.807. The predicted molar refractivity (Wildman–Crippen MR) is 132 cm³/mol. The average Bonchev–Trinajstić information content (AvgIpc) is 2.95. The van der Waals surface area contributed by atoms with Gasteiger partial charge >= 0.3 is 0 Å². The van der Waals surface area contributed by atoms with Gasteiger partial charge in [-0.1, -0.05) is 26.0 Å². The Bertz CT molecular complexity index is 1630. The number of benzene rings is 2. The number of ether oxygens (including phenoxy) is 4. The van der Waals surface area contributed by atoms with Crippen molar-refractivity contribution < 1.29 is 45.0 Å².